The van der Waals surface area contributed by atoms with E-state index in [0.29, 0.717) is 17.9 Å². The number of nitrogens with two attached hydrogens (primary N) is 2. The lowest BCUT2D eigenvalue weighted by molar-refractivity contribution is 0.321. The standard InChI is InChI=1S/C15H17FN2O/c1-2-19-14-8-5-11(9-13(14)16)15(18)10-3-6-12(17)7-4-10/h3-9,15H,2,17-18H2,1H3. The first-order chi connectivity index (χ1) is 9.11. The van der Waals surface area contributed by atoms with Gasteiger partial charge in [-0.25, -0.2) is 4.39 Å². The highest BCUT2D eigenvalue weighted by molar-refractivity contribution is 5.43. The smallest absolute Gasteiger partial charge is 0.165 e. The second kappa shape index (κ2) is 5.71. The summed E-state index contributed by atoms with van der Waals surface area (Å²) in [5.41, 5.74) is 14.0. The van der Waals surface area contributed by atoms with Gasteiger partial charge in [0.15, 0.2) is 11.6 Å². The molecule has 2 aromatic carbocycles. The summed E-state index contributed by atoms with van der Waals surface area (Å²) >= 11 is 0. The number of hydrogen-bond acceptors (Lipinski definition) is 3. The van der Waals surface area contributed by atoms with E-state index in [-0.39, 0.29) is 11.8 Å². The van der Waals surface area contributed by atoms with E-state index >= 15 is 0 Å². The fraction of sp³-hybridized carbons (Fsp3) is 0.200. The fourth-order valence-corrected chi connectivity index (χ4v) is 1.88. The highest BCUT2D eigenvalue weighted by Crippen LogP contribution is 2.25. The lowest BCUT2D eigenvalue weighted by atomic mass is 9.99. The summed E-state index contributed by atoms with van der Waals surface area (Å²) in [5.74, 6) is -0.152. The van der Waals surface area contributed by atoms with Crippen LogP contribution in [0.15, 0.2) is 42.5 Å². The maximum Gasteiger partial charge on any atom is 0.165 e. The molecule has 0 aliphatic carbocycles. The Labute approximate surface area is 112 Å². The predicted molar refractivity (Wildman–Crippen MR) is 74.5 cm³/mol. The second-order valence-electron chi connectivity index (χ2n) is 4.27. The molecule has 0 bridgehead atoms. The number of hydrogen-bond donors (Lipinski definition) is 2. The van der Waals surface area contributed by atoms with Crippen LogP contribution in [0, 0.1) is 5.82 Å². The van der Waals surface area contributed by atoms with Crippen LogP contribution in [-0.2, 0) is 0 Å². The van der Waals surface area contributed by atoms with Crippen LogP contribution in [0.4, 0.5) is 10.1 Å². The van der Waals surface area contributed by atoms with Gasteiger partial charge in [-0.15, -0.1) is 0 Å². The summed E-state index contributed by atoms with van der Waals surface area (Å²) < 4.78 is 18.9. The molecule has 0 heterocycles. The average Bonchev–Trinajstić information content (AvgIpc) is 2.41. The Morgan fingerprint density at radius 2 is 1.74 bits per heavy atom. The van der Waals surface area contributed by atoms with Gasteiger partial charge in [0.05, 0.1) is 12.6 Å². The molecule has 4 N–H and O–H groups in total. The molecule has 0 aliphatic heterocycles. The van der Waals surface area contributed by atoms with E-state index in [0.717, 1.165) is 5.56 Å². The van der Waals surface area contributed by atoms with Gasteiger partial charge in [-0.2, -0.15) is 0 Å². The van der Waals surface area contributed by atoms with E-state index in [4.69, 9.17) is 16.2 Å². The summed E-state index contributed by atoms with van der Waals surface area (Å²) in [7, 11) is 0. The van der Waals surface area contributed by atoms with Crippen LogP contribution in [0.2, 0.25) is 0 Å². The van der Waals surface area contributed by atoms with Gasteiger partial charge in [0.2, 0.25) is 0 Å². The summed E-state index contributed by atoms with van der Waals surface area (Å²) in [6.07, 6.45) is 0. The number of ether oxygens (including phenoxy) is 1. The first kappa shape index (κ1) is 13.4. The molecule has 2 rings (SSSR count). The molecule has 100 valence electrons. The maximum atomic E-state index is 13.8. The molecule has 0 radical (unpaired) electrons. The molecule has 1 atom stereocenters. The first-order valence-corrected chi connectivity index (χ1v) is 6.15. The van der Waals surface area contributed by atoms with Gasteiger partial charge in [-0.05, 0) is 42.3 Å². The molecule has 0 saturated carbocycles. The van der Waals surface area contributed by atoms with Crippen molar-refractivity contribution in [2.45, 2.75) is 13.0 Å². The third kappa shape index (κ3) is 3.03. The van der Waals surface area contributed by atoms with E-state index in [1.807, 2.05) is 19.1 Å². The molecule has 3 nitrogen and oxygen atoms in total. The molecule has 0 fully saturated rings. The van der Waals surface area contributed by atoms with Crippen LogP contribution >= 0.6 is 0 Å². The van der Waals surface area contributed by atoms with E-state index < -0.39 is 5.82 Å². The Morgan fingerprint density at radius 3 is 2.32 bits per heavy atom. The third-order valence-electron chi connectivity index (χ3n) is 2.91. The zero-order valence-corrected chi connectivity index (χ0v) is 10.8. The van der Waals surface area contributed by atoms with Crippen molar-refractivity contribution in [3.8, 4) is 5.75 Å². The van der Waals surface area contributed by atoms with Crippen molar-refractivity contribution in [2.24, 2.45) is 5.73 Å². The number of rotatable bonds is 4. The maximum absolute atomic E-state index is 13.8. The molecule has 0 aliphatic rings. The number of benzene rings is 2. The largest absolute Gasteiger partial charge is 0.491 e. The molecule has 4 heteroatoms. The minimum absolute atomic E-state index is 0.246. The van der Waals surface area contributed by atoms with Crippen molar-refractivity contribution in [2.75, 3.05) is 12.3 Å². The van der Waals surface area contributed by atoms with Crippen LogP contribution in [0.5, 0.6) is 5.75 Å². The van der Waals surface area contributed by atoms with Gasteiger partial charge in [0.1, 0.15) is 0 Å². The molecular weight excluding hydrogens is 243 g/mol. The summed E-state index contributed by atoms with van der Waals surface area (Å²) in [4.78, 5) is 0. The van der Waals surface area contributed by atoms with Gasteiger partial charge in [-0.3, -0.25) is 0 Å². The quantitative estimate of drug-likeness (QED) is 0.831. The topological polar surface area (TPSA) is 61.3 Å². The normalized spacial score (nSPS) is 12.2. The summed E-state index contributed by atoms with van der Waals surface area (Å²) in [6, 6.07) is 11.6. The Balaban J connectivity index is 2.26. The minimum Gasteiger partial charge on any atom is -0.491 e. The molecule has 0 amide bonds. The monoisotopic (exact) mass is 260 g/mol. The van der Waals surface area contributed by atoms with Crippen molar-refractivity contribution >= 4 is 5.69 Å². The molecule has 1 unspecified atom stereocenters. The Morgan fingerprint density at radius 1 is 1.11 bits per heavy atom. The van der Waals surface area contributed by atoms with Crippen LogP contribution < -0.4 is 16.2 Å². The summed E-state index contributed by atoms with van der Waals surface area (Å²) in [5, 5.41) is 0. The Hall–Kier alpha value is -2.07. The zero-order valence-electron chi connectivity index (χ0n) is 10.8. The number of halogens is 1. The Kier molecular flexibility index (Phi) is 4.02. The van der Waals surface area contributed by atoms with Crippen LogP contribution in [0.1, 0.15) is 24.1 Å². The average molecular weight is 260 g/mol. The van der Waals surface area contributed by atoms with Crippen LogP contribution in [0.25, 0.3) is 0 Å². The molecule has 0 aromatic heterocycles. The highest BCUT2D eigenvalue weighted by atomic mass is 19.1. The van der Waals surface area contributed by atoms with Crippen molar-refractivity contribution in [3.63, 3.8) is 0 Å². The van der Waals surface area contributed by atoms with E-state index in [1.54, 1.807) is 24.3 Å². The zero-order chi connectivity index (χ0) is 13.8. The Bertz CT molecular complexity index is 555. The molecule has 19 heavy (non-hydrogen) atoms. The number of nitrogen functional groups attached to an aromatic ring is 1. The second-order valence-corrected chi connectivity index (χ2v) is 4.27. The molecule has 0 spiro atoms. The first-order valence-electron chi connectivity index (χ1n) is 6.15. The molecular formula is C15H17FN2O. The van der Waals surface area contributed by atoms with Gasteiger partial charge < -0.3 is 16.2 Å². The van der Waals surface area contributed by atoms with E-state index in [9.17, 15) is 4.39 Å². The van der Waals surface area contributed by atoms with Crippen molar-refractivity contribution in [3.05, 3.63) is 59.4 Å². The van der Waals surface area contributed by atoms with Gasteiger partial charge >= 0.3 is 0 Å². The fourth-order valence-electron chi connectivity index (χ4n) is 1.88. The van der Waals surface area contributed by atoms with Gasteiger partial charge in [0, 0.05) is 5.69 Å². The van der Waals surface area contributed by atoms with E-state index in [1.165, 1.54) is 6.07 Å². The van der Waals surface area contributed by atoms with Gasteiger partial charge in [0.25, 0.3) is 0 Å². The van der Waals surface area contributed by atoms with Crippen molar-refractivity contribution in [1.82, 2.24) is 0 Å². The molecule has 2 aromatic rings. The van der Waals surface area contributed by atoms with Gasteiger partial charge in [-0.1, -0.05) is 18.2 Å². The predicted octanol–water partition coefficient (Wildman–Crippen LogP) is 2.85. The third-order valence-corrected chi connectivity index (χ3v) is 2.91. The highest BCUT2D eigenvalue weighted by Gasteiger charge is 2.12. The van der Waals surface area contributed by atoms with Crippen molar-refractivity contribution < 1.29 is 9.13 Å². The number of anilines is 1. The molecule has 0 saturated heterocycles. The van der Waals surface area contributed by atoms with E-state index in [2.05, 4.69) is 0 Å². The van der Waals surface area contributed by atoms with Crippen molar-refractivity contribution in [1.29, 1.82) is 0 Å². The minimum atomic E-state index is -0.398. The lowest BCUT2D eigenvalue weighted by Crippen LogP contribution is -2.12. The summed E-state index contributed by atoms with van der Waals surface area (Å²) in [6.45, 7) is 2.24. The van der Waals surface area contributed by atoms with Crippen LogP contribution in [0.3, 0.4) is 0 Å². The van der Waals surface area contributed by atoms with Crippen LogP contribution in [-0.4, -0.2) is 6.61 Å². The SMILES string of the molecule is CCOc1ccc(C(N)c2ccc(N)cc2)cc1F. The lowest BCUT2D eigenvalue weighted by Gasteiger charge is -2.14.